The number of anilines is 2. The van der Waals surface area contributed by atoms with E-state index in [-0.39, 0.29) is 5.75 Å². The molecule has 5 rings (SSSR count). The number of aromatic nitrogens is 2. The zero-order valence-corrected chi connectivity index (χ0v) is 22.7. The Bertz CT molecular complexity index is 1240. The number of nitrogens with one attached hydrogen (secondary N) is 1. The van der Waals surface area contributed by atoms with E-state index >= 15 is 0 Å². The van der Waals surface area contributed by atoms with Crippen molar-refractivity contribution in [1.82, 2.24) is 14.9 Å². The van der Waals surface area contributed by atoms with Crippen molar-refractivity contribution in [2.24, 2.45) is 0 Å². The molecule has 2 saturated heterocycles. The molecule has 9 nitrogen and oxygen atoms in total. The lowest BCUT2D eigenvalue weighted by Crippen LogP contribution is -2.39. The zero-order chi connectivity index (χ0) is 26.5. The molecule has 2 aromatic carbocycles. The Labute approximate surface area is 224 Å². The van der Waals surface area contributed by atoms with Gasteiger partial charge in [0.15, 0.2) is 23.0 Å². The molecular weight excluding hydrogens is 482 g/mol. The molecular formula is C29H39N5O4. The number of nitrogens with zero attached hydrogens (tertiary/aromatic N) is 4. The fourth-order valence-electron chi connectivity index (χ4n) is 5.45. The fourth-order valence-corrected chi connectivity index (χ4v) is 5.45. The minimum Gasteiger partial charge on any atom is -0.504 e. The van der Waals surface area contributed by atoms with Gasteiger partial charge in [0.2, 0.25) is 5.95 Å². The van der Waals surface area contributed by atoms with Crippen LogP contribution in [-0.4, -0.2) is 73.0 Å². The Hall–Kier alpha value is -3.46. The molecule has 3 aromatic rings. The molecule has 204 valence electrons. The lowest BCUT2D eigenvalue weighted by atomic mass is 10.0. The second kappa shape index (κ2) is 11.9. The van der Waals surface area contributed by atoms with Gasteiger partial charge in [0.05, 0.1) is 26.3 Å². The van der Waals surface area contributed by atoms with Crippen molar-refractivity contribution in [3.8, 4) is 23.0 Å². The lowest BCUT2D eigenvalue weighted by Gasteiger charge is -2.33. The van der Waals surface area contributed by atoms with E-state index in [1.807, 2.05) is 31.2 Å². The highest BCUT2D eigenvalue weighted by atomic mass is 16.5. The third-order valence-electron chi connectivity index (χ3n) is 7.49. The number of fused-ring (bicyclic) bond motifs is 1. The first kappa shape index (κ1) is 26.2. The van der Waals surface area contributed by atoms with Crippen molar-refractivity contribution in [3.63, 3.8) is 0 Å². The summed E-state index contributed by atoms with van der Waals surface area (Å²) in [6.45, 7) is 7.23. The quantitative estimate of drug-likeness (QED) is 0.411. The average molecular weight is 522 g/mol. The maximum absolute atomic E-state index is 10.00. The van der Waals surface area contributed by atoms with Crippen molar-refractivity contribution < 1.29 is 19.3 Å². The van der Waals surface area contributed by atoms with Crippen molar-refractivity contribution in [2.75, 3.05) is 57.2 Å². The van der Waals surface area contributed by atoms with Crippen LogP contribution in [0, 0.1) is 0 Å². The number of hydrogen-bond donors (Lipinski definition) is 2. The lowest BCUT2D eigenvalue weighted by molar-refractivity contribution is 0.210. The number of likely N-dealkylation sites (tertiary alicyclic amines) is 1. The van der Waals surface area contributed by atoms with Gasteiger partial charge < -0.3 is 29.5 Å². The Morgan fingerprint density at radius 1 is 0.921 bits per heavy atom. The summed E-state index contributed by atoms with van der Waals surface area (Å²) in [5.41, 5.74) is 2.00. The molecule has 0 radical (unpaired) electrons. The van der Waals surface area contributed by atoms with Crippen LogP contribution in [0.5, 0.6) is 23.0 Å². The Balaban J connectivity index is 1.30. The SMILES string of the molecule is CCOc1cc(CN2CCC(Nc3nc(N4CCCCC4)c4cc(OC)c(OC)cc4n3)CC2)ccc1O. The van der Waals surface area contributed by atoms with Crippen molar-refractivity contribution >= 4 is 22.7 Å². The molecule has 9 heteroatoms. The van der Waals surface area contributed by atoms with E-state index in [9.17, 15) is 5.11 Å². The molecule has 2 fully saturated rings. The monoisotopic (exact) mass is 521 g/mol. The molecule has 38 heavy (non-hydrogen) atoms. The number of benzene rings is 2. The van der Waals surface area contributed by atoms with Gasteiger partial charge in [0, 0.05) is 50.2 Å². The molecule has 2 aliphatic heterocycles. The summed E-state index contributed by atoms with van der Waals surface area (Å²) in [5.74, 6) is 3.74. The van der Waals surface area contributed by atoms with Crippen LogP contribution < -0.4 is 24.4 Å². The van der Waals surface area contributed by atoms with Crippen LogP contribution >= 0.6 is 0 Å². The molecule has 0 amide bonds. The van der Waals surface area contributed by atoms with Gasteiger partial charge in [0.1, 0.15) is 5.82 Å². The molecule has 2 N–H and O–H groups in total. The number of ether oxygens (including phenoxy) is 3. The second-order valence-electron chi connectivity index (χ2n) is 10.1. The van der Waals surface area contributed by atoms with Gasteiger partial charge in [-0.05, 0) is 62.8 Å². The average Bonchev–Trinajstić information content (AvgIpc) is 2.95. The van der Waals surface area contributed by atoms with E-state index in [0.717, 1.165) is 67.8 Å². The third-order valence-corrected chi connectivity index (χ3v) is 7.49. The van der Waals surface area contributed by atoms with Gasteiger partial charge in [-0.25, -0.2) is 4.98 Å². The Morgan fingerprint density at radius 3 is 2.37 bits per heavy atom. The van der Waals surface area contributed by atoms with Crippen LogP contribution in [0.1, 0.15) is 44.6 Å². The number of rotatable bonds is 9. The summed E-state index contributed by atoms with van der Waals surface area (Å²) in [7, 11) is 3.31. The summed E-state index contributed by atoms with van der Waals surface area (Å²) in [6.07, 6.45) is 5.61. The van der Waals surface area contributed by atoms with E-state index in [0.29, 0.717) is 35.8 Å². The van der Waals surface area contributed by atoms with Crippen LogP contribution in [0.15, 0.2) is 30.3 Å². The van der Waals surface area contributed by atoms with Gasteiger partial charge >= 0.3 is 0 Å². The number of methoxy groups -OCH3 is 2. The van der Waals surface area contributed by atoms with Crippen LogP contribution in [0.3, 0.4) is 0 Å². The number of phenolic OH excluding ortho intramolecular Hbond substituents is 1. The topological polar surface area (TPSA) is 92.2 Å². The van der Waals surface area contributed by atoms with Crippen LogP contribution in [0.2, 0.25) is 0 Å². The van der Waals surface area contributed by atoms with Crippen LogP contribution in [0.25, 0.3) is 10.9 Å². The fraction of sp³-hybridized carbons (Fsp3) is 0.517. The Morgan fingerprint density at radius 2 is 1.66 bits per heavy atom. The summed E-state index contributed by atoms with van der Waals surface area (Å²) in [4.78, 5) is 14.7. The van der Waals surface area contributed by atoms with Gasteiger partial charge in [-0.15, -0.1) is 0 Å². The number of piperidine rings is 2. The maximum atomic E-state index is 10.00. The molecule has 0 atom stereocenters. The van der Waals surface area contributed by atoms with E-state index < -0.39 is 0 Å². The summed E-state index contributed by atoms with van der Waals surface area (Å²) in [5, 5.41) is 14.6. The predicted molar refractivity (Wildman–Crippen MR) is 150 cm³/mol. The first-order valence-electron chi connectivity index (χ1n) is 13.7. The highest BCUT2D eigenvalue weighted by molar-refractivity contribution is 5.93. The van der Waals surface area contributed by atoms with Gasteiger partial charge in [-0.2, -0.15) is 4.98 Å². The first-order valence-corrected chi connectivity index (χ1v) is 13.7. The van der Waals surface area contributed by atoms with Crippen molar-refractivity contribution in [2.45, 2.75) is 51.6 Å². The smallest absolute Gasteiger partial charge is 0.225 e. The van der Waals surface area contributed by atoms with Gasteiger partial charge in [-0.1, -0.05) is 6.07 Å². The zero-order valence-electron chi connectivity index (χ0n) is 22.7. The minimum absolute atomic E-state index is 0.189. The molecule has 3 heterocycles. The van der Waals surface area contributed by atoms with Crippen molar-refractivity contribution in [3.05, 3.63) is 35.9 Å². The van der Waals surface area contributed by atoms with Gasteiger partial charge in [0.25, 0.3) is 0 Å². The van der Waals surface area contributed by atoms with Crippen LogP contribution in [0.4, 0.5) is 11.8 Å². The standard InChI is InChI=1S/C29H39N5O4/c1-4-38-25-16-20(8-9-24(25)35)19-33-14-10-21(11-15-33)30-29-31-23-18-27(37-3)26(36-2)17-22(23)28(32-29)34-12-6-5-7-13-34/h8-9,16-18,21,35H,4-7,10-15,19H2,1-3H3,(H,30,31,32). The van der Waals surface area contributed by atoms with Crippen molar-refractivity contribution in [1.29, 1.82) is 0 Å². The molecule has 0 bridgehead atoms. The largest absolute Gasteiger partial charge is 0.504 e. The minimum atomic E-state index is 0.189. The van der Waals surface area contributed by atoms with E-state index in [1.54, 1.807) is 20.3 Å². The highest BCUT2D eigenvalue weighted by Crippen LogP contribution is 2.37. The second-order valence-corrected chi connectivity index (χ2v) is 10.1. The normalized spacial score (nSPS) is 17.0. The van der Waals surface area contributed by atoms with E-state index in [1.165, 1.54) is 19.3 Å². The molecule has 2 aliphatic rings. The molecule has 0 aliphatic carbocycles. The Kier molecular flexibility index (Phi) is 8.22. The van der Waals surface area contributed by atoms with E-state index in [2.05, 4.69) is 15.1 Å². The van der Waals surface area contributed by atoms with E-state index in [4.69, 9.17) is 24.2 Å². The van der Waals surface area contributed by atoms with Crippen LogP contribution in [-0.2, 0) is 6.54 Å². The predicted octanol–water partition coefficient (Wildman–Crippen LogP) is 4.82. The molecule has 0 spiro atoms. The summed E-state index contributed by atoms with van der Waals surface area (Å²) >= 11 is 0. The number of aromatic hydroxyl groups is 1. The first-order chi connectivity index (χ1) is 18.6. The highest BCUT2D eigenvalue weighted by Gasteiger charge is 2.23. The summed E-state index contributed by atoms with van der Waals surface area (Å²) in [6, 6.07) is 9.88. The van der Waals surface area contributed by atoms with Gasteiger partial charge in [-0.3, -0.25) is 4.90 Å². The molecule has 1 aromatic heterocycles. The third kappa shape index (κ3) is 5.83. The number of phenols is 1. The maximum Gasteiger partial charge on any atom is 0.225 e. The molecule has 0 unspecified atom stereocenters. The summed E-state index contributed by atoms with van der Waals surface area (Å²) < 4.78 is 16.7. The molecule has 0 saturated carbocycles. The number of hydrogen-bond acceptors (Lipinski definition) is 9.